The molecule has 4 aromatic carbocycles. The molecule has 1 aromatic heterocycles. The molecule has 6 rings (SSSR count). The Morgan fingerprint density at radius 1 is 0.872 bits per heavy atom. The fourth-order valence-corrected chi connectivity index (χ4v) is 5.80. The Hall–Kier alpha value is -4.37. The van der Waals surface area contributed by atoms with Crippen molar-refractivity contribution in [3.8, 4) is 5.75 Å². The minimum atomic E-state index is 0. The summed E-state index contributed by atoms with van der Waals surface area (Å²) in [4.78, 5) is 16.4. The van der Waals surface area contributed by atoms with Crippen molar-refractivity contribution in [2.45, 2.75) is 32.8 Å². The standard InChI is InChI=1S/C36H35Cl2N7O.ClH/c1-25-11-15-31(16-12-25)40-34-41-35(43-36(42-34)45-19-17-27(18-20-45)21-26-7-3-2-4-8-26)44-39-23-28-9-5-6-10-33(28)46-24-29-13-14-30(37)22-32(29)38;/h2-16,22-23,27H,17-21,24H2,1H3,(H2,40,41,42,43,44);1H/b39-23+;. The van der Waals surface area contributed by atoms with Crippen molar-refractivity contribution in [1.29, 1.82) is 0 Å². The highest BCUT2D eigenvalue weighted by Crippen LogP contribution is 2.27. The van der Waals surface area contributed by atoms with Crippen molar-refractivity contribution in [2.75, 3.05) is 28.7 Å². The van der Waals surface area contributed by atoms with E-state index in [1.54, 1.807) is 18.3 Å². The van der Waals surface area contributed by atoms with Gasteiger partial charge in [0, 0.05) is 39.9 Å². The normalized spacial score (nSPS) is 13.3. The SMILES string of the molecule is Cc1ccc(Nc2nc(N/N=C/c3ccccc3OCc3ccc(Cl)cc3Cl)nc(N3CCC(Cc4ccccc4)CC3)n2)cc1.Cl. The number of hydrogen-bond acceptors (Lipinski definition) is 8. The maximum atomic E-state index is 6.34. The number of nitrogens with one attached hydrogen (secondary N) is 2. The summed E-state index contributed by atoms with van der Waals surface area (Å²) >= 11 is 12.4. The zero-order chi connectivity index (χ0) is 31.7. The Morgan fingerprint density at radius 3 is 2.36 bits per heavy atom. The lowest BCUT2D eigenvalue weighted by molar-refractivity contribution is 0.306. The number of ether oxygens (including phenoxy) is 1. The predicted octanol–water partition coefficient (Wildman–Crippen LogP) is 9.14. The highest BCUT2D eigenvalue weighted by Gasteiger charge is 2.22. The summed E-state index contributed by atoms with van der Waals surface area (Å²) in [5.41, 5.74) is 8.10. The van der Waals surface area contributed by atoms with Crippen LogP contribution in [-0.2, 0) is 13.0 Å². The average molecular weight is 689 g/mol. The van der Waals surface area contributed by atoms with Gasteiger partial charge in [-0.2, -0.15) is 20.1 Å². The summed E-state index contributed by atoms with van der Waals surface area (Å²) < 4.78 is 6.08. The topological polar surface area (TPSA) is 87.6 Å². The van der Waals surface area contributed by atoms with Gasteiger partial charge in [-0.25, -0.2) is 5.43 Å². The van der Waals surface area contributed by atoms with Crippen molar-refractivity contribution in [3.63, 3.8) is 0 Å². The van der Waals surface area contributed by atoms with Gasteiger partial charge >= 0.3 is 0 Å². The van der Waals surface area contributed by atoms with Crippen LogP contribution in [0.5, 0.6) is 5.75 Å². The molecule has 8 nitrogen and oxygen atoms in total. The van der Waals surface area contributed by atoms with Gasteiger partial charge in [0.15, 0.2) is 0 Å². The molecule has 5 aromatic rings. The lowest BCUT2D eigenvalue weighted by atomic mass is 9.90. The van der Waals surface area contributed by atoms with Gasteiger partial charge in [0.25, 0.3) is 0 Å². The van der Waals surface area contributed by atoms with Crippen LogP contribution in [0.4, 0.5) is 23.5 Å². The number of piperidine rings is 1. The van der Waals surface area contributed by atoms with Gasteiger partial charge in [-0.1, -0.05) is 89.4 Å². The Morgan fingerprint density at radius 2 is 1.60 bits per heavy atom. The molecule has 47 heavy (non-hydrogen) atoms. The molecule has 0 aliphatic carbocycles. The smallest absolute Gasteiger partial charge is 0.250 e. The summed E-state index contributed by atoms with van der Waals surface area (Å²) in [6, 6.07) is 31.8. The van der Waals surface area contributed by atoms with Gasteiger partial charge in [0.2, 0.25) is 17.8 Å². The van der Waals surface area contributed by atoms with Crippen molar-refractivity contribution in [2.24, 2.45) is 11.0 Å². The highest BCUT2D eigenvalue weighted by atomic mass is 35.5. The van der Waals surface area contributed by atoms with Gasteiger partial charge in [-0.15, -0.1) is 12.4 Å². The molecule has 242 valence electrons. The molecule has 0 radical (unpaired) electrons. The fraction of sp³-hybridized carbons (Fsp3) is 0.222. The molecule has 2 heterocycles. The van der Waals surface area contributed by atoms with Crippen LogP contribution in [-0.4, -0.2) is 34.3 Å². The number of hydrazone groups is 1. The number of aryl methyl sites for hydroxylation is 1. The van der Waals surface area contributed by atoms with Crippen LogP contribution >= 0.6 is 35.6 Å². The van der Waals surface area contributed by atoms with Crippen LogP contribution in [0.1, 0.15) is 35.1 Å². The highest BCUT2D eigenvalue weighted by molar-refractivity contribution is 6.35. The molecule has 2 N–H and O–H groups in total. The van der Waals surface area contributed by atoms with Crippen LogP contribution in [0.25, 0.3) is 0 Å². The first-order chi connectivity index (χ1) is 22.5. The zero-order valence-corrected chi connectivity index (χ0v) is 28.3. The number of nitrogens with zero attached hydrogens (tertiary/aromatic N) is 5. The monoisotopic (exact) mass is 687 g/mol. The first-order valence-corrected chi connectivity index (χ1v) is 16.1. The summed E-state index contributed by atoms with van der Waals surface area (Å²) in [5.74, 6) is 2.69. The van der Waals surface area contributed by atoms with E-state index in [0.29, 0.717) is 46.2 Å². The lowest BCUT2D eigenvalue weighted by Gasteiger charge is -2.32. The maximum Gasteiger partial charge on any atom is 0.250 e. The zero-order valence-electron chi connectivity index (χ0n) is 25.9. The Bertz CT molecular complexity index is 1780. The molecule has 1 saturated heterocycles. The van der Waals surface area contributed by atoms with E-state index in [0.717, 1.165) is 49.2 Å². The molecule has 11 heteroatoms. The molecular weight excluding hydrogens is 653 g/mol. The maximum absolute atomic E-state index is 6.34. The molecule has 0 spiro atoms. The van der Waals surface area contributed by atoms with E-state index in [2.05, 4.69) is 63.0 Å². The largest absolute Gasteiger partial charge is 0.488 e. The Balaban J connectivity index is 0.00000433. The first-order valence-electron chi connectivity index (χ1n) is 15.3. The molecule has 1 aliphatic rings. The number of hydrogen-bond donors (Lipinski definition) is 2. The first kappa shape index (κ1) is 34.0. The lowest BCUT2D eigenvalue weighted by Crippen LogP contribution is -2.35. The van der Waals surface area contributed by atoms with Crippen LogP contribution in [0.3, 0.4) is 0 Å². The van der Waals surface area contributed by atoms with E-state index in [1.807, 2.05) is 54.6 Å². The average Bonchev–Trinajstić information content (AvgIpc) is 3.07. The second-order valence-corrected chi connectivity index (χ2v) is 12.2. The van der Waals surface area contributed by atoms with Gasteiger partial charge in [-0.3, -0.25) is 0 Å². The Kier molecular flexibility index (Phi) is 11.9. The van der Waals surface area contributed by atoms with Crippen LogP contribution in [0.15, 0.2) is 102 Å². The number of benzene rings is 4. The number of rotatable bonds is 11. The summed E-state index contributed by atoms with van der Waals surface area (Å²) in [7, 11) is 0. The van der Waals surface area contributed by atoms with Gasteiger partial charge in [0.05, 0.1) is 6.21 Å². The number of aromatic nitrogens is 3. The van der Waals surface area contributed by atoms with Gasteiger partial charge in [-0.05, 0) is 74.1 Å². The molecule has 0 saturated carbocycles. The van der Waals surface area contributed by atoms with Gasteiger partial charge in [0.1, 0.15) is 12.4 Å². The molecular formula is C36H36Cl3N7O. The minimum absolute atomic E-state index is 0. The van der Waals surface area contributed by atoms with E-state index >= 15 is 0 Å². The van der Waals surface area contributed by atoms with E-state index in [9.17, 15) is 0 Å². The molecule has 0 unspecified atom stereocenters. The minimum Gasteiger partial charge on any atom is -0.488 e. The second-order valence-electron chi connectivity index (χ2n) is 11.3. The number of halogens is 3. The summed E-state index contributed by atoms with van der Waals surface area (Å²) in [6.45, 7) is 4.09. The van der Waals surface area contributed by atoms with Crippen LogP contribution in [0.2, 0.25) is 10.0 Å². The third-order valence-corrected chi connectivity index (χ3v) is 8.47. The molecule has 1 aliphatic heterocycles. The van der Waals surface area contributed by atoms with E-state index in [4.69, 9.17) is 37.9 Å². The Labute approximate surface area is 291 Å². The summed E-state index contributed by atoms with van der Waals surface area (Å²) in [5, 5.41) is 8.93. The molecule has 0 atom stereocenters. The van der Waals surface area contributed by atoms with Crippen molar-refractivity contribution in [3.05, 3.63) is 129 Å². The van der Waals surface area contributed by atoms with E-state index in [-0.39, 0.29) is 12.4 Å². The third-order valence-electron chi connectivity index (χ3n) is 7.88. The van der Waals surface area contributed by atoms with Crippen molar-refractivity contribution >= 4 is 65.4 Å². The third kappa shape index (κ3) is 9.58. The van der Waals surface area contributed by atoms with E-state index in [1.165, 1.54) is 11.1 Å². The van der Waals surface area contributed by atoms with Gasteiger partial charge < -0.3 is 15.0 Å². The van der Waals surface area contributed by atoms with E-state index < -0.39 is 0 Å². The van der Waals surface area contributed by atoms with Crippen LogP contribution < -0.4 is 20.4 Å². The number of anilines is 4. The molecule has 0 amide bonds. The molecule has 0 bridgehead atoms. The summed E-state index contributed by atoms with van der Waals surface area (Å²) in [6.07, 6.45) is 4.91. The van der Waals surface area contributed by atoms with Crippen molar-refractivity contribution in [1.82, 2.24) is 15.0 Å². The molecule has 1 fully saturated rings. The fourth-order valence-electron chi connectivity index (χ4n) is 5.34. The second kappa shape index (κ2) is 16.5. The number of para-hydroxylation sites is 1. The quantitative estimate of drug-likeness (QED) is 0.106. The van der Waals surface area contributed by atoms with Crippen LogP contribution in [0, 0.1) is 12.8 Å². The predicted molar refractivity (Wildman–Crippen MR) is 195 cm³/mol. The van der Waals surface area contributed by atoms with Crippen molar-refractivity contribution < 1.29 is 4.74 Å².